The average molecular weight is 284 g/mol. The Bertz CT molecular complexity index is 759. The van der Waals surface area contributed by atoms with Gasteiger partial charge in [-0.25, -0.2) is 4.98 Å². The number of amidine groups is 1. The molecule has 7 nitrogen and oxygen atoms in total. The number of para-hydroxylation sites is 2. The molecule has 7 heteroatoms. The number of benzene rings is 1. The van der Waals surface area contributed by atoms with Crippen LogP contribution in [0.5, 0.6) is 0 Å². The Morgan fingerprint density at radius 1 is 1.24 bits per heavy atom. The van der Waals surface area contributed by atoms with E-state index in [0.717, 1.165) is 29.9 Å². The second-order valence-corrected chi connectivity index (χ2v) is 4.71. The fourth-order valence-electron chi connectivity index (χ4n) is 2.34. The molecule has 0 atom stereocenters. The first kappa shape index (κ1) is 13.2. The van der Waals surface area contributed by atoms with Crippen molar-refractivity contribution in [2.24, 2.45) is 10.9 Å². The zero-order valence-electron chi connectivity index (χ0n) is 11.4. The van der Waals surface area contributed by atoms with Crippen LogP contribution >= 0.6 is 0 Å². The highest BCUT2D eigenvalue weighted by molar-refractivity contribution is 5.83. The second kappa shape index (κ2) is 5.66. The molecule has 0 spiro atoms. The average Bonchev–Trinajstić information content (AvgIpc) is 3.12. The largest absolute Gasteiger partial charge is 0.409 e. The van der Waals surface area contributed by atoms with Gasteiger partial charge in [0.05, 0.1) is 24.0 Å². The van der Waals surface area contributed by atoms with Crippen LogP contribution in [0.25, 0.3) is 11.0 Å². The molecule has 0 unspecified atom stereocenters. The molecule has 2 heterocycles. The van der Waals surface area contributed by atoms with Gasteiger partial charge in [-0.2, -0.15) is 5.10 Å². The number of imidazole rings is 1. The maximum absolute atomic E-state index is 8.75. The Kier molecular flexibility index (Phi) is 3.55. The van der Waals surface area contributed by atoms with Crippen molar-refractivity contribution >= 4 is 16.9 Å². The predicted octanol–water partition coefficient (Wildman–Crippen LogP) is 1.22. The van der Waals surface area contributed by atoms with Gasteiger partial charge in [-0.3, -0.25) is 4.68 Å². The van der Waals surface area contributed by atoms with Crippen LogP contribution < -0.4 is 5.73 Å². The van der Waals surface area contributed by atoms with Crippen molar-refractivity contribution in [3.05, 3.63) is 48.5 Å². The van der Waals surface area contributed by atoms with Crippen molar-refractivity contribution in [2.75, 3.05) is 0 Å². The third-order valence-corrected chi connectivity index (χ3v) is 3.31. The summed E-state index contributed by atoms with van der Waals surface area (Å²) in [5.74, 6) is 0.921. The molecule has 1 aromatic carbocycles. The fraction of sp³-hybridized carbons (Fsp3) is 0.214. The normalized spacial score (nSPS) is 12.1. The number of nitrogens with zero attached hydrogens (tertiary/aromatic N) is 5. The van der Waals surface area contributed by atoms with E-state index in [1.54, 1.807) is 6.20 Å². The van der Waals surface area contributed by atoms with Crippen LogP contribution in [0.3, 0.4) is 0 Å². The van der Waals surface area contributed by atoms with E-state index in [-0.39, 0.29) is 5.84 Å². The van der Waals surface area contributed by atoms with Crippen LogP contribution in [-0.4, -0.2) is 30.4 Å². The van der Waals surface area contributed by atoms with Crippen LogP contribution in [0.2, 0.25) is 0 Å². The van der Waals surface area contributed by atoms with Gasteiger partial charge >= 0.3 is 0 Å². The molecule has 3 rings (SSSR count). The Labute approximate surface area is 121 Å². The molecule has 0 saturated heterocycles. The van der Waals surface area contributed by atoms with Crippen LogP contribution in [-0.2, 0) is 19.5 Å². The molecule has 0 aliphatic heterocycles. The molecule has 0 saturated carbocycles. The summed E-state index contributed by atoms with van der Waals surface area (Å²) in [6.07, 6.45) is 3.98. The van der Waals surface area contributed by atoms with Crippen LogP contribution in [0.15, 0.2) is 47.9 Å². The van der Waals surface area contributed by atoms with Gasteiger partial charge in [0, 0.05) is 18.9 Å². The summed E-state index contributed by atoms with van der Waals surface area (Å²) in [4.78, 5) is 4.56. The van der Waals surface area contributed by atoms with E-state index in [1.807, 2.05) is 41.2 Å². The van der Waals surface area contributed by atoms with Crippen LogP contribution in [0.1, 0.15) is 5.82 Å². The smallest absolute Gasteiger partial charge is 0.146 e. The minimum absolute atomic E-state index is 0.144. The Morgan fingerprint density at radius 2 is 2.10 bits per heavy atom. The summed E-state index contributed by atoms with van der Waals surface area (Å²) in [7, 11) is 0. The SMILES string of the molecule is NC(Cc1nc2ccccc2n1CCn1cccn1)=NO. The summed E-state index contributed by atoms with van der Waals surface area (Å²) in [5, 5.41) is 16.0. The zero-order chi connectivity index (χ0) is 14.7. The number of hydrogen-bond acceptors (Lipinski definition) is 4. The van der Waals surface area contributed by atoms with Gasteiger partial charge in [-0.1, -0.05) is 17.3 Å². The van der Waals surface area contributed by atoms with E-state index < -0.39 is 0 Å². The molecule has 0 aliphatic rings. The van der Waals surface area contributed by atoms with E-state index in [9.17, 15) is 0 Å². The monoisotopic (exact) mass is 284 g/mol. The standard InChI is InChI=1S/C14H16N6O/c15-13(18-21)10-14-17-11-4-1-2-5-12(11)20(14)9-8-19-7-3-6-16-19/h1-7,21H,8-10H2,(H2,15,18). The maximum Gasteiger partial charge on any atom is 0.146 e. The molecule has 0 fully saturated rings. The van der Waals surface area contributed by atoms with Crippen molar-refractivity contribution in [1.29, 1.82) is 0 Å². The maximum atomic E-state index is 8.75. The summed E-state index contributed by atoms with van der Waals surface area (Å²) in [6, 6.07) is 9.78. The summed E-state index contributed by atoms with van der Waals surface area (Å²) >= 11 is 0. The van der Waals surface area contributed by atoms with E-state index in [1.165, 1.54) is 0 Å². The van der Waals surface area contributed by atoms with E-state index >= 15 is 0 Å². The molecule has 108 valence electrons. The van der Waals surface area contributed by atoms with Crippen molar-refractivity contribution in [3.63, 3.8) is 0 Å². The number of rotatable bonds is 5. The highest BCUT2D eigenvalue weighted by Crippen LogP contribution is 2.16. The third kappa shape index (κ3) is 2.71. The van der Waals surface area contributed by atoms with Gasteiger partial charge < -0.3 is 15.5 Å². The van der Waals surface area contributed by atoms with Crippen molar-refractivity contribution in [2.45, 2.75) is 19.5 Å². The van der Waals surface area contributed by atoms with Crippen molar-refractivity contribution < 1.29 is 5.21 Å². The molecule has 3 aromatic rings. The number of hydrogen-bond donors (Lipinski definition) is 2. The molecule has 0 bridgehead atoms. The van der Waals surface area contributed by atoms with Crippen LogP contribution in [0.4, 0.5) is 0 Å². The topological polar surface area (TPSA) is 94.2 Å². The number of fused-ring (bicyclic) bond motifs is 1. The quantitative estimate of drug-likeness (QED) is 0.319. The lowest BCUT2D eigenvalue weighted by molar-refractivity contribution is 0.317. The Morgan fingerprint density at radius 3 is 2.86 bits per heavy atom. The third-order valence-electron chi connectivity index (χ3n) is 3.31. The summed E-state index contributed by atoms with van der Waals surface area (Å²) in [5.41, 5.74) is 7.55. The second-order valence-electron chi connectivity index (χ2n) is 4.71. The minimum atomic E-state index is 0.144. The summed E-state index contributed by atoms with van der Waals surface area (Å²) < 4.78 is 3.94. The lowest BCUT2D eigenvalue weighted by atomic mass is 10.3. The number of oxime groups is 1. The predicted molar refractivity (Wildman–Crippen MR) is 79.1 cm³/mol. The Hall–Kier alpha value is -2.83. The van der Waals surface area contributed by atoms with Crippen molar-refractivity contribution in [3.8, 4) is 0 Å². The minimum Gasteiger partial charge on any atom is -0.409 e. The lowest BCUT2D eigenvalue weighted by Gasteiger charge is -2.09. The zero-order valence-corrected chi connectivity index (χ0v) is 11.4. The van der Waals surface area contributed by atoms with E-state index in [4.69, 9.17) is 10.9 Å². The molecular weight excluding hydrogens is 268 g/mol. The van der Waals surface area contributed by atoms with Gasteiger partial charge in [0.2, 0.25) is 0 Å². The van der Waals surface area contributed by atoms with E-state index in [0.29, 0.717) is 6.42 Å². The van der Waals surface area contributed by atoms with Gasteiger partial charge in [-0.05, 0) is 18.2 Å². The molecule has 2 aromatic heterocycles. The van der Waals surface area contributed by atoms with Crippen LogP contribution in [0, 0.1) is 0 Å². The highest BCUT2D eigenvalue weighted by Gasteiger charge is 2.11. The number of aryl methyl sites for hydroxylation is 2. The first-order chi connectivity index (χ1) is 10.3. The van der Waals surface area contributed by atoms with Gasteiger partial charge in [0.15, 0.2) is 0 Å². The van der Waals surface area contributed by atoms with E-state index in [2.05, 4.69) is 19.8 Å². The molecular formula is C14H16N6O. The van der Waals surface area contributed by atoms with Gasteiger partial charge in [-0.15, -0.1) is 0 Å². The first-order valence-electron chi connectivity index (χ1n) is 6.66. The van der Waals surface area contributed by atoms with Gasteiger partial charge in [0.25, 0.3) is 0 Å². The molecule has 0 amide bonds. The Balaban J connectivity index is 1.94. The fourth-order valence-corrected chi connectivity index (χ4v) is 2.34. The highest BCUT2D eigenvalue weighted by atomic mass is 16.4. The lowest BCUT2D eigenvalue weighted by Crippen LogP contribution is -2.19. The molecule has 0 aliphatic carbocycles. The number of aromatic nitrogens is 4. The van der Waals surface area contributed by atoms with Gasteiger partial charge in [0.1, 0.15) is 11.7 Å². The number of nitrogens with two attached hydrogens (primary N) is 1. The molecule has 0 radical (unpaired) electrons. The molecule has 21 heavy (non-hydrogen) atoms. The first-order valence-corrected chi connectivity index (χ1v) is 6.66. The van der Waals surface area contributed by atoms with Crippen molar-refractivity contribution in [1.82, 2.24) is 19.3 Å². The molecule has 3 N–H and O–H groups in total. The summed E-state index contributed by atoms with van der Waals surface area (Å²) in [6.45, 7) is 1.45.